The lowest BCUT2D eigenvalue weighted by molar-refractivity contribution is -0.116. The van der Waals surface area contributed by atoms with Gasteiger partial charge >= 0.3 is 0 Å². The van der Waals surface area contributed by atoms with Crippen LogP contribution < -0.4 is 14.8 Å². The average Bonchev–Trinajstić information content (AvgIpc) is 3.77. The zero-order valence-electron chi connectivity index (χ0n) is 27.3. The quantitative estimate of drug-likeness (QED) is 0.242. The minimum Gasteiger partial charge on any atom is -0.493 e. The van der Waals surface area contributed by atoms with Gasteiger partial charge in [-0.3, -0.25) is 24.2 Å². The second kappa shape index (κ2) is 13.9. The van der Waals surface area contributed by atoms with Crippen LogP contribution in [0.15, 0.2) is 41.7 Å². The molecule has 0 spiro atoms. The molecule has 5 heterocycles. The number of likely N-dealkylation sites (tertiary alicyclic amines) is 1. The minimum atomic E-state index is -0.202. The second-order valence-electron chi connectivity index (χ2n) is 12.5. The molecule has 0 bridgehead atoms. The third-order valence-corrected chi connectivity index (χ3v) is 9.13. The zero-order valence-corrected chi connectivity index (χ0v) is 27.3. The summed E-state index contributed by atoms with van der Waals surface area (Å²) >= 11 is 0. The molecule has 1 aromatic carbocycles. The molecule has 12 heteroatoms. The van der Waals surface area contributed by atoms with Gasteiger partial charge in [0.05, 0.1) is 42.4 Å². The number of aliphatic imine (C=N–C) groups is 1. The first-order valence-corrected chi connectivity index (χ1v) is 16.4. The van der Waals surface area contributed by atoms with E-state index in [9.17, 15) is 19.2 Å². The number of benzene rings is 1. The van der Waals surface area contributed by atoms with Crippen LogP contribution in [-0.2, 0) is 25.3 Å². The lowest BCUT2D eigenvalue weighted by Gasteiger charge is -2.26. The molecular formula is C35H42N6O6. The van der Waals surface area contributed by atoms with Crippen LogP contribution in [0.5, 0.6) is 11.5 Å². The Labute approximate surface area is 274 Å². The van der Waals surface area contributed by atoms with Crippen LogP contribution >= 0.6 is 0 Å². The molecule has 6 rings (SSSR count). The zero-order chi connectivity index (χ0) is 33.1. The molecule has 3 aromatic rings. The maximum absolute atomic E-state index is 13.2. The molecule has 47 heavy (non-hydrogen) atoms. The Balaban J connectivity index is 1.00. The van der Waals surface area contributed by atoms with Crippen molar-refractivity contribution >= 4 is 41.1 Å². The smallest absolute Gasteiger partial charge is 0.270 e. The number of nitrogens with zero attached hydrogens (tertiary/aromatic N) is 5. The molecule has 2 saturated heterocycles. The number of hydrogen-bond donors (Lipinski definition) is 1. The molecule has 2 aromatic heterocycles. The van der Waals surface area contributed by atoms with Crippen LogP contribution in [0.4, 0.5) is 11.4 Å². The number of hydrogen-bond acceptors (Lipinski definition) is 7. The average molecular weight is 643 g/mol. The van der Waals surface area contributed by atoms with Crippen LogP contribution in [0.1, 0.15) is 81.8 Å². The molecule has 3 aliphatic heterocycles. The highest BCUT2D eigenvalue weighted by atomic mass is 16.5. The predicted molar refractivity (Wildman–Crippen MR) is 177 cm³/mol. The number of ketones is 1. The summed E-state index contributed by atoms with van der Waals surface area (Å²) in [6.45, 7) is 2.51. The number of nitrogens with one attached hydrogen (secondary N) is 1. The molecule has 0 aliphatic carbocycles. The standard InChI is InChI=1S/C35H42N6O6/c1-38-21-23(15-29(38)35(45)40-11-5-4-6-12-40)16-30(42)28-17-24(22-39(28)2)37-33(43)10-8-14-47-32-19-27-26(18-31(32)46-3)34(44)41-13-7-9-25(41)20-36-27/h15,17-22,25H,4-14,16H2,1-3H3,(H,37,43)/t25-/m0/s1. The first kappa shape index (κ1) is 32.1. The van der Waals surface area contributed by atoms with E-state index in [1.165, 1.54) is 7.11 Å². The third-order valence-electron chi connectivity index (χ3n) is 9.13. The van der Waals surface area contributed by atoms with Gasteiger partial charge in [-0.05, 0) is 62.3 Å². The van der Waals surface area contributed by atoms with Crippen molar-refractivity contribution in [1.29, 1.82) is 0 Å². The number of aromatic nitrogens is 2. The molecule has 0 radical (unpaired) electrons. The van der Waals surface area contributed by atoms with E-state index in [0.29, 0.717) is 46.2 Å². The van der Waals surface area contributed by atoms with E-state index >= 15 is 0 Å². The van der Waals surface area contributed by atoms with Crippen molar-refractivity contribution in [3.63, 3.8) is 0 Å². The van der Waals surface area contributed by atoms with Crippen molar-refractivity contribution in [3.05, 3.63) is 59.2 Å². The topological polar surface area (TPSA) is 127 Å². The molecule has 12 nitrogen and oxygen atoms in total. The molecule has 3 amide bonds. The summed E-state index contributed by atoms with van der Waals surface area (Å²) in [4.78, 5) is 60.3. The van der Waals surface area contributed by atoms with Gasteiger partial charge in [-0.2, -0.15) is 0 Å². The number of ether oxygens (including phenoxy) is 2. The van der Waals surface area contributed by atoms with E-state index in [0.717, 1.165) is 57.3 Å². The summed E-state index contributed by atoms with van der Waals surface area (Å²) in [6.07, 6.45) is 11.2. The fourth-order valence-electron chi connectivity index (χ4n) is 6.65. The monoisotopic (exact) mass is 642 g/mol. The van der Waals surface area contributed by atoms with E-state index < -0.39 is 0 Å². The lowest BCUT2D eigenvalue weighted by atomic mass is 10.1. The number of amides is 3. The number of methoxy groups -OCH3 is 1. The summed E-state index contributed by atoms with van der Waals surface area (Å²) in [5.74, 6) is 0.545. The molecule has 3 aliphatic rings. The van der Waals surface area contributed by atoms with Crippen molar-refractivity contribution in [1.82, 2.24) is 18.9 Å². The maximum Gasteiger partial charge on any atom is 0.270 e. The van der Waals surface area contributed by atoms with E-state index in [-0.39, 0.29) is 49.0 Å². The second-order valence-corrected chi connectivity index (χ2v) is 12.5. The highest BCUT2D eigenvalue weighted by Gasteiger charge is 2.32. The van der Waals surface area contributed by atoms with Gasteiger partial charge < -0.3 is 33.7 Å². The van der Waals surface area contributed by atoms with Crippen molar-refractivity contribution < 1.29 is 28.7 Å². The van der Waals surface area contributed by atoms with Gasteiger partial charge in [0.25, 0.3) is 11.8 Å². The number of fused-ring (bicyclic) bond motifs is 2. The number of rotatable bonds is 11. The Morgan fingerprint density at radius 3 is 2.51 bits per heavy atom. The normalized spacial score (nSPS) is 17.3. The van der Waals surface area contributed by atoms with E-state index in [4.69, 9.17) is 9.47 Å². The van der Waals surface area contributed by atoms with Gasteiger partial charge in [0, 0.05) is 71.2 Å². The van der Waals surface area contributed by atoms with Gasteiger partial charge in [0.1, 0.15) is 5.69 Å². The number of piperidine rings is 1. The number of carbonyl (C=O) groups excluding carboxylic acids is 4. The van der Waals surface area contributed by atoms with Crippen molar-refractivity contribution in [2.75, 3.05) is 38.7 Å². The lowest BCUT2D eigenvalue weighted by Crippen LogP contribution is -2.36. The summed E-state index contributed by atoms with van der Waals surface area (Å²) in [6, 6.07) is 6.89. The van der Waals surface area contributed by atoms with Gasteiger partial charge in [0.2, 0.25) is 5.91 Å². The van der Waals surface area contributed by atoms with Gasteiger partial charge in [-0.15, -0.1) is 0 Å². The minimum absolute atomic E-state index is 0.00307. The highest BCUT2D eigenvalue weighted by molar-refractivity contribution is 6.03. The molecule has 1 N–H and O–H groups in total. The van der Waals surface area contributed by atoms with Crippen LogP contribution in [0.2, 0.25) is 0 Å². The summed E-state index contributed by atoms with van der Waals surface area (Å²) in [7, 11) is 5.12. The van der Waals surface area contributed by atoms with Crippen LogP contribution in [0.25, 0.3) is 0 Å². The fourth-order valence-corrected chi connectivity index (χ4v) is 6.65. The molecule has 0 saturated carbocycles. The third kappa shape index (κ3) is 6.96. The van der Waals surface area contributed by atoms with E-state index in [2.05, 4.69) is 10.3 Å². The fraction of sp³-hybridized carbons (Fsp3) is 0.457. The highest BCUT2D eigenvalue weighted by Crippen LogP contribution is 2.38. The van der Waals surface area contributed by atoms with E-state index in [1.807, 2.05) is 29.3 Å². The Bertz CT molecular complexity index is 1710. The van der Waals surface area contributed by atoms with Gasteiger partial charge in [-0.1, -0.05) is 0 Å². The number of Topliss-reactive ketones (excluding diaryl/α,β-unsaturated/α-hetero) is 1. The molecular weight excluding hydrogens is 600 g/mol. The summed E-state index contributed by atoms with van der Waals surface area (Å²) in [5, 5.41) is 2.87. The largest absolute Gasteiger partial charge is 0.493 e. The Hall–Kier alpha value is -4.87. The molecule has 2 fully saturated rings. The van der Waals surface area contributed by atoms with E-state index in [1.54, 1.807) is 46.6 Å². The summed E-state index contributed by atoms with van der Waals surface area (Å²) in [5.41, 5.74) is 3.40. The summed E-state index contributed by atoms with van der Waals surface area (Å²) < 4.78 is 15.0. The van der Waals surface area contributed by atoms with Gasteiger partial charge in [-0.25, -0.2) is 0 Å². The number of aryl methyl sites for hydroxylation is 2. The number of anilines is 1. The first-order valence-electron chi connectivity index (χ1n) is 16.4. The molecule has 0 unspecified atom stereocenters. The van der Waals surface area contributed by atoms with Crippen LogP contribution in [0.3, 0.4) is 0 Å². The van der Waals surface area contributed by atoms with Crippen molar-refractivity contribution in [3.8, 4) is 11.5 Å². The van der Waals surface area contributed by atoms with Crippen LogP contribution in [0, 0.1) is 0 Å². The van der Waals surface area contributed by atoms with Gasteiger partial charge in [0.15, 0.2) is 17.3 Å². The Morgan fingerprint density at radius 1 is 0.936 bits per heavy atom. The van der Waals surface area contributed by atoms with Crippen LogP contribution in [-0.4, -0.2) is 88.0 Å². The maximum atomic E-state index is 13.2. The Kier molecular flexibility index (Phi) is 9.46. The predicted octanol–water partition coefficient (Wildman–Crippen LogP) is 4.54. The Morgan fingerprint density at radius 2 is 1.72 bits per heavy atom. The van der Waals surface area contributed by atoms with Crippen molar-refractivity contribution in [2.45, 2.75) is 57.4 Å². The first-order chi connectivity index (χ1) is 22.7. The molecule has 248 valence electrons. The SMILES string of the molecule is COc1cc2c(cc1OCCCC(=O)Nc1cc(C(=O)Cc3cc(C(=O)N4CCCCC4)n(C)c3)n(C)c1)N=C[C@@H]1CCCN1C2=O. The molecule has 1 atom stereocenters. The number of carbonyl (C=O) groups is 4. The van der Waals surface area contributed by atoms with Crippen molar-refractivity contribution in [2.24, 2.45) is 19.1 Å².